The molecule has 0 saturated heterocycles. The molecular weight excluding hydrogens is 228 g/mol. The Balaban J connectivity index is 1.77. The van der Waals surface area contributed by atoms with Gasteiger partial charge < -0.3 is 15.7 Å². The minimum Gasteiger partial charge on any atom is -0.392 e. The molecule has 0 radical (unpaired) electrons. The zero-order valence-corrected chi connectivity index (χ0v) is 10.8. The Bertz CT molecular complexity index is 417. The third kappa shape index (κ3) is 2.64. The molecule has 0 aliphatic heterocycles. The maximum Gasteiger partial charge on any atom is 0.315 e. The fourth-order valence-corrected chi connectivity index (χ4v) is 2.13. The third-order valence-electron chi connectivity index (χ3n) is 3.82. The summed E-state index contributed by atoms with van der Waals surface area (Å²) in [5, 5.41) is 15.3. The van der Waals surface area contributed by atoms with Crippen molar-refractivity contribution < 1.29 is 9.90 Å². The predicted octanol–water partition coefficient (Wildman–Crippen LogP) is 1.65. The Kier molecular flexibility index (Phi) is 3.57. The van der Waals surface area contributed by atoms with E-state index >= 15 is 0 Å². The number of hydrogen-bond acceptors (Lipinski definition) is 2. The predicted molar refractivity (Wildman–Crippen MR) is 70.0 cm³/mol. The van der Waals surface area contributed by atoms with E-state index in [9.17, 15) is 9.90 Å². The van der Waals surface area contributed by atoms with E-state index in [0.29, 0.717) is 13.0 Å². The average Bonchev–Trinajstić information content (AvgIpc) is 2.37. The van der Waals surface area contributed by atoms with Crippen molar-refractivity contribution in [2.45, 2.75) is 39.0 Å². The fraction of sp³-hybridized carbons (Fsp3) is 0.500. The van der Waals surface area contributed by atoms with Gasteiger partial charge in [0, 0.05) is 18.0 Å². The number of aliphatic hydroxyl groups excluding tert-OH is 1. The van der Waals surface area contributed by atoms with Crippen LogP contribution in [0.3, 0.4) is 0 Å². The van der Waals surface area contributed by atoms with Crippen molar-refractivity contribution in [3.05, 3.63) is 35.9 Å². The summed E-state index contributed by atoms with van der Waals surface area (Å²) >= 11 is 0. The molecule has 98 valence electrons. The number of benzene rings is 1. The standard InChI is InChI=1S/C14H20N2O2/c1-14(2)11(8-12(14)17)16-13(18)15-9-10-6-4-3-5-7-10/h3-7,11-12,17H,8-9H2,1-2H3,(H2,15,16,18). The van der Waals surface area contributed by atoms with Gasteiger partial charge in [0.1, 0.15) is 0 Å². The Hall–Kier alpha value is -1.55. The molecule has 3 N–H and O–H groups in total. The number of carbonyl (C=O) groups excluding carboxylic acids is 1. The van der Waals surface area contributed by atoms with Crippen molar-refractivity contribution in [2.75, 3.05) is 0 Å². The minimum absolute atomic E-state index is 0.0447. The molecule has 2 rings (SSSR count). The molecule has 1 saturated carbocycles. The molecule has 0 bridgehead atoms. The smallest absolute Gasteiger partial charge is 0.315 e. The van der Waals surface area contributed by atoms with Gasteiger partial charge in [-0.05, 0) is 12.0 Å². The number of nitrogens with one attached hydrogen (secondary N) is 2. The average molecular weight is 248 g/mol. The van der Waals surface area contributed by atoms with Gasteiger partial charge in [-0.15, -0.1) is 0 Å². The second-order valence-electron chi connectivity index (χ2n) is 5.44. The molecule has 0 spiro atoms. The maximum atomic E-state index is 11.7. The fourth-order valence-electron chi connectivity index (χ4n) is 2.13. The summed E-state index contributed by atoms with van der Waals surface area (Å²) in [7, 11) is 0. The molecule has 1 aliphatic carbocycles. The molecule has 0 aromatic heterocycles. The van der Waals surface area contributed by atoms with Crippen LogP contribution in [-0.4, -0.2) is 23.3 Å². The highest BCUT2D eigenvalue weighted by molar-refractivity contribution is 5.74. The van der Waals surface area contributed by atoms with Gasteiger partial charge in [0.25, 0.3) is 0 Å². The molecule has 18 heavy (non-hydrogen) atoms. The summed E-state index contributed by atoms with van der Waals surface area (Å²) in [6.07, 6.45) is 0.308. The number of carbonyl (C=O) groups is 1. The zero-order valence-electron chi connectivity index (χ0n) is 10.8. The van der Waals surface area contributed by atoms with E-state index in [4.69, 9.17) is 0 Å². The number of rotatable bonds is 3. The highest BCUT2D eigenvalue weighted by atomic mass is 16.3. The zero-order chi connectivity index (χ0) is 13.2. The van der Waals surface area contributed by atoms with Crippen LogP contribution in [0.15, 0.2) is 30.3 Å². The van der Waals surface area contributed by atoms with E-state index in [1.54, 1.807) is 0 Å². The third-order valence-corrected chi connectivity index (χ3v) is 3.82. The highest BCUT2D eigenvalue weighted by Crippen LogP contribution is 2.40. The van der Waals surface area contributed by atoms with Gasteiger partial charge in [0.15, 0.2) is 0 Å². The lowest BCUT2D eigenvalue weighted by Gasteiger charge is -2.49. The highest BCUT2D eigenvalue weighted by Gasteiger charge is 2.47. The SMILES string of the molecule is CC1(C)C(O)CC1NC(=O)NCc1ccccc1. The molecule has 4 nitrogen and oxygen atoms in total. The van der Waals surface area contributed by atoms with E-state index in [1.807, 2.05) is 44.2 Å². The van der Waals surface area contributed by atoms with Crippen LogP contribution in [0.4, 0.5) is 4.79 Å². The van der Waals surface area contributed by atoms with E-state index in [-0.39, 0.29) is 23.6 Å². The van der Waals surface area contributed by atoms with Gasteiger partial charge in [-0.3, -0.25) is 0 Å². The van der Waals surface area contributed by atoms with E-state index < -0.39 is 0 Å². The van der Waals surface area contributed by atoms with Crippen LogP contribution >= 0.6 is 0 Å². The van der Waals surface area contributed by atoms with Gasteiger partial charge in [0.2, 0.25) is 0 Å². The van der Waals surface area contributed by atoms with Crippen molar-refractivity contribution >= 4 is 6.03 Å². The molecule has 4 heteroatoms. The van der Waals surface area contributed by atoms with Crippen LogP contribution in [0, 0.1) is 5.41 Å². The lowest BCUT2D eigenvalue weighted by atomic mass is 9.65. The van der Waals surface area contributed by atoms with Crippen LogP contribution in [0.2, 0.25) is 0 Å². The minimum atomic E-state index is -0.322. The Morgan fingerprint density at radius 2 is 2.06 bits per heavy atom. The number of hydrogen-bond donors (Lipinski definition) is 3. The van der Waals surface area contributed by atoms with Crippen LogP contribution in [0.1, 0.15) is 25.8 Å². The first-order chi connectivity index (χ1) is 8.50. The van der Waals surface area contributed by atoms with Gasteiger partial charge >= 0.3 is 6.03 Å². The molecule has 0 heterocycles. The first-order valence-electron chi connectivity index (χ1n) is 6.26. The Labute approximate surface area is 107 Å². The van der Waals surface area contributed by atoms with Gasteiger partial charge in [-0.1, -0.05) is 44.2 Å². The number of aliphatic hydroxyl groups is 1. The molecule has 2 atom stereocenters. The summed E-state index contributed by atoms with van der Waals surface area (Å²) in [5.74, 6) is 0. The summed E-state index contributed by atoms with van der Waals surface area (Å²) in [6, 6.07) is 9.64. The maximum absolute atomic E-state index is 11.7. The molecule has 1 aliphatic rings. The van der Waals surface area contributed by atoms with Crippen LogP contribution in [0.5, 0.6) is 0 Å². The van der Waals surface area contributed by atoms with Crippen molar-refractivity contribution in [1.82, 2.24) is 10.6 Å². The molecule has 2 amide bonds. The second kappa shape index (κ2) is 4.98. The lowest BCUT2D eigenvalue weighted by molar-refractivity contribution is -0.0678. The topological polar surface area (TPSA) is 61.4 Å². The van der Waals surface area contributed by atoms with Gasteiger partial charge in [-0.25, -0.2) is 4.79 Å². The van der Waals surface area contributed by atoms with Gasteiger partial charge in [0.05, 0.1) is 6.10 Å². The van der Waals surface area contributed by atoms with Gasteiger partial charge in [-0.2, -0.15) is 0 Å². The largest absolute Gasteiger partial charge is 0.392 e. The van der Waals surface area contributed by atoms with Crippen molar-refractivity contribution in [3.63, 3.8) is 0 Å². The van der Waals surface area contributed by atoms with E-state index in [1.165, 1.54) is 0 Å². The summed E-state index contributed by atoms with van der Waals surface area (Å²) in [6.45, 7) is 4.44. The van der Waals surface area contributed by atoms with Crippen molar-refractivity contribution in [2.24, 2.45) is 5.41 Å². The Morgan fingerprint density at radius 1 is 1.39 bits per heavy atom. The Morgan fingerprint density at radius 3 is 2.61 bits per heavy atom. The quantitative estimate of drug-likeness (QED) is 0.761. The summed E-state index contributed by atoms with van der Waals surface area (Å²) < 4.78 is 0. The molecule has 1 fully saturated rings. The van der Waals surface area contributed by atoms with Crippen LogP contribution in [-0.2, 0) is 6.54 Å². The second-order valence-corrected chi connectivity index (χ2v) is 5.44. The normalized spacial score (nSPS) is 25.1. The van der Waals surface area contributed by atoms with E-state index in [0.717, 1.165) is 5.56 Å². The number of urea groups is 1. The molecule has 2 unspecified atom stereocenters. The van der Waals surface area contributed by atoms with Crippen LogP contribution in [0.25, 0.3) is 0 Å². The lowest BCUT2D eigenvalue weighted by Crippen LogP contribution is -2.62. The summed E-state index contributed by atoms with van der Waals surface area (Å²) in [4.78, 5) is 11.7. The number of amides is 2. The first-order valence-corrected chi connectivity index (χ1v) is 6.26. The van der Waals surface area contributed by atoms with Crippen LogP contribution < -0.4 is 10.6 Å². The van der Waals surface area contributed by atoms with E-state index in [2.05, 4.69) is 10.6 Å². The molecule has 1 aromatic carbocycles. The molecule has 1 aromatic rings. The molecular formula is C14H20N2O2. The first kappa shape index (κ1) is 12.9. The van der Waals surface area contributed by atoms with Crippen molar-refractivity contribution in [3.8, 4) is 0 Å². The monoisotopic (exact) mass is 248 g/mol. The summed E-state index contributed by atoms with van der Waals surface area (Å²) in [5.41, 5.74) is 0.838. The van der Waals surface area contributed by atoms with Crippen molar-refractivity contribution in [1.29, 1.82) is 0 Å².